The number of benzene rings is 1. The van der Waals surface area contributed by atoms with Crippen LogP contribution in [0.3, 0.4) is 0 Å². The molecule has 4 heteroatoms. The second kappa shape index (κ2) is 5.45. The Balaban J connectivity index is 1.63. The summed E-state index contributed by atoms with van der Waals surface area (Å²) in [6, 6.07) is 9.83. The van der Waals surface area contributed by atoms with Crippen LogP contribution in [0.4, 0.5) is 0 Å². The maximum absolute atomic E-state index is 12.0. The fourth-order valence-electron chi connectivity index (χ4n) is 2.50. The summed E-state index contributed by atoms with van der Waals surface area (Å²) in [7, 11) is 0. The highest BCUT2D eigenvalue weighted by molar-refractivity contribution is 5.96. The van der Waals surface area contributed by atoms with Crippen molar-refractivity contribution < 1.29 is 9.21 Å². The fraction of sp³-hybridized carbons (Fsp3) is 0.400. The molecule has 2 heterocycles. The highest BCUT2D eigenvalue weighted by Crippen LogP contribution is 2.18. The van der Waals surface area contributed by atoms with E-state index >= 15 is 0 Å². The number of carbonyl (C=O) groups excluding carboxylic acids is 1. The summed E-state index contributed by atoms with van der Waals surface area (Å²) >= 11 is 0. The van der Waals surface area contributed by atoms with Crippen molar-refractivity contribution in [2.45, 2.75) is 25.3 Å². The first-order valence-corrected chi connectivity index (χ1v) is 6.83. The molecule has 1 aliphatic rings. The normalized spacial score (nSPS) is 19.5. The molecule has 0 bridgehead atoms. The highest BCUT2D eigenvalue weighted by atomic mass is 16.3. The molecule has 2 N–H and O–H groups in total. The van der Waals surface area contributed by atoms with Crippen LogP contribution in [0.5, 0.6) is 0 Å². The summed E-state index contributed by atoms with van der Waals surface area (Å²) in [6.45, 7) is 1.71. The number of nitrogens with one attached hydrogen (secondary N) is 2. The van der Waals surface area contributed by atoms with Gasteiger partial charge in [-0.05, 0) is 31.5 Å². The number of amides is 1. The van der Waals surface area contributed by atoms with Gasteiger partial charge in [0, 0.05) is 18.0 Å². The number of rotatable bonds is 3. The molecule has 4 nitrogen and oxygen atoms in total. The minimum Gasteiger partial charge on any atom is -0.451 e. The lowest BCUT2D eigenvalue weighted by atomic mass is 10.1. The van der Waals surface area contributed by atoms with Gasteiger partial charge in [0.25, 0.3) is 5.91 Å². The van der Waals surface area contributed by atoms with Crippen molar-refractivity contribution in [2.24, 2.45) is 0 Å². The molecule has 1 unspecified atom stereocenters. The Hall–Kier alpha value is -1.81. The number of para-hydroxylation sites is 1. The molecule has 0 aliphatic carbocycles. The number of carbonyl (C=O) groups is 1. The van der Waals surface area contributed by atoms with E-state index in [1.807, 2.05) is 24.3 Å². The van der Waals surface area contributed by atoms with Crippen molar-refractivity contribution in [1.29, 1.82) is 0 Å². The number of hydrogen-bond donors (Lipinski definition) is 2. The molecule has 0 radical (unpaired) electrons. The average Bonchev–Trinajstić information content (AvgIpc) is 2.90. The van der Waals surface area contributed by atoms with Crippen LogP contribution in [0.15, 0.2) is 34.7 Å². The SMILES string of the molecule is O=C(NCC1CCCCN1)c1cc2ccccc2o1. The van der Waals surface area contributed by atoms with Crippen molar-refractivity contribution in [3.8, 4) is 0 Å². The summed E-state index contributed by atoms with van der Waals surface area (Å²) < 4.78 is 5.54. The quantitative estimate of drug-likeness (QED) is 0.888. The smallest absolute Gasteiger partial charge is 0.287 e. The molecule has 1 amide bonds. The molecule has 100 valence electrons. The molecule has 3 rings (SSSR count). The summed E-state index contributed by atoms with van der Waals surface area (Å²) in [5.74, 6) is 0.251. The van der Waals surface area contributed by atoms with E-state index in [1.165, 1.54) is 12.8 Å². The Labute approximate surface area is 112 Å². The second-order valence-electron chi connectivity index (χ2n) is 5.01. The van der Waals surface area contributed by atoms with Gasteiger partial charge < -0.3 is 15.1 Å². The summed E-state index contributed by atoms with van der Waals surface area (Å²) in [6.07, 6.45) is 3.59. The van der Waals surface area contributed by atoms with Crippen LogP contribution in [0.2, 0.25) is 0 Å². The molecule has 1 aromatic heterocycles. The minimum atomic E-state index is -0.136. The van der Waals surface area contributed by atoms with E-state index in [9.17, 15) is 4.79 Å². The molecule has 1 fully saturated rings. The lowest BCUT2D eigenvalue weighted by molar-refractivity contribution is 0.0922. The number of piperidine rings is 1. The van der Waals surface area contributed by atoms with Gasteiger partial charge in [0.2, 0.25) is 0 Å². The van der Waals surface area contributed by atoms with E-state index in [4.69, 9.17) is 4.42 Å². The number of hydrogen-bond acceptors (Lipinski definition) is 3. The van der Waals surface area contributed by atoms with Crippen LogP contribution in [-0.2, 0) is 0 Å². The van der Waals surface area contributed by atoms with Gasteiger partial charge in [-0.2, -0.15) is 0 Å². The summed E-state index contributed by atoms with van der Waals surface area (Å²) in [4.78, 5) is 12.0. The van der Waals surface area contributed by atoms with Gasteiger partial charge in [0.05, 0.1) is 0 Å². The van der Waals surface area contributed by atoms with Crippen molar-refractivity contribution in [2.75, 3.05) is 13.1 Å². The molecule has 2 aromatic rings. The Morgan fingerprint density at radius 2 is 2.26 bits per heavy atom. The largest absolute Gasteiger partial charge is 0.451 e. The fourth-order valence-corrected chi connectivity index (χ4v) is 2.50. The van der Waals surface area contributed by atoms with Crippen LogP contribution >= 0.6 is 0 Å². The lowest BCUT2D eigenvalue weighted by Crippen LogP contribution is -2.43. The monoisotopic (exact) mass is 258 g/mol. The van der Waals surface area contributed by atoms with Crippen molar-refractivity contribution in [1.82, 2.24) is 10.6 Å². The predicted molar refractivity (Wildman–Crippen MR) is 74.2 cm³/mol. The Bertz CT molecular complexity index is 537. The topological polar surface area (TPSA) is 54.3 Å². The molecule has 0 spiro atoms. The maximum Gasteiger partial charge on any atom is 0.287 e. The zero-order valence-electron chi connectivity index (χ0n) is 10.8. The molecule has 1 aliphatic heterocycles. The first kappa shape index (κ1) is 12.2. The van der Waals surface area contributed by atoms with Gasteiger partial charge in [0.15, 0.2) is 5.76 Å². The first-order chi connectivity index (χ1) is 9.33. The van der Waals surface area contributed by atoms with Crippen LogP contribution in [0, 0.1) is 0 Å². The molecule has 19 heavy (non-hydrogen) atoms. The molecule has 1 aromatic carbocycles. The highest BCUT2D eigenvalue weighted by Gasteiger charge is 2.16. The van der Waals surface area contributed by atoms with E-state index in [0.717, 1.165) is 23.9 Å². The van der Waals surface area contributed by atoms with Crippen LogP contribution in [-0.4, -0.2) is 25.0 Å². The van der Waals surface area contributed by atoms with Gasteiger partial charge in [-0.25, -0.2) is 0 Å². The summed E-state index contributed by atoms with van der Waals surface area (Å²) in [5.41, 5.74) is 0.753. The van der Waals surface area contributed by atoms with Crippen LogP contribution in [0.1, 0.15) is 29.8 Å². The second-order valence-corrected chi connectivity index (χ2v) is 5.01. The van der Waals surface area contributed by atoms with Gasteiger partial charge >= 0.3 is 0 Å². The van der Waals surface area contributed by atoms with Gasteiger partial charge in [-0.1, -0.05) is 24.6 Å². The van der Waals surface area contributed by atoms with E-state index in [2.05, 4.69) is 10.6 Å². The van der Waals surface area contributed by atoms with Gasteiger partial charge in [-0.3, -0.25) is 4.79 Å². The van der Waals surface area contributed by atoms with E-state index in [0.29, 0.717) is 18.3 Å². The molecular weight excluding hydrogens is 240 g/mol. The third kappa shape index (κ3) is 2.79. The first-order valence-electron chi connectivity index (χ1n) is 6.83. The molecule has 1 atom stereocenters. The summed E-state index contributed by atoms with van der Waals surface area (Å²) in [5, 5.41) is 7.30. The number of fused-ring (bicyclic) bond motifs is 1. The molecule has 1 saturated heterocycles. The Morgan fingerprint density at radius 1 is 1.37 bits per heavy atom. The Morgan fingerprint density at radius 3 is 3.05 bits per heavy atom. The van der Waals surface area contributed by atoms with Crippen LogP contribution < -0.4 is 10.6 Å². The van der Waals surface area contributed by atoms with Crippen molar-refractivity contribution >= 4 is 16.9 Å². The molecular formula is C15H18N2O2. The lowest BCUT2D eigenvalue weighted by Gasteiger charge is -2.23. The standard InChI is InChI=1S/C15H18N2O2/c18-15(17-10-12-6-3-4-8-16-12)14-9-11-5-1-2-7-13(11)19-14/h1-2,5,7,9,12,16H,3-4,6,8,10H2,(H,17,18). The Kier molecular flexibility index (Phi) is 3.51. The predicted octanol–water partition coefficient (Wildman–Crippen LogP) is 2.30. The molecule has 0 saturated carbocycles. The van der Waals surface area contributed by atoms with Crippen LogP contribution in [0.25, 0.3) is 11.0 Å². The zero-order chi connectivity index (χ0) is 13.1. The van der Waals surface area contributed by atoms with Gasteiger partial charge in [-0.15, -0.1) is 0 Å². The maximum atomic E-state index is 12.0. The van der Waals surface area contributed by atoms with E-state index in [1.54, 1.807) is 6.07 Å². The zero-order valence-corrected chi connectivity index (χ0v) is 10.8. The third-order valence-corrected chi connectivity index (χ3v) is 3.57. The minimum absolute atomic E-state index is 0.136. The average molecular weight is 258 g/mol. The van der Waals surface area contributed by atoms with Crippen molar-refractivity contribution in [3.05, 3.63) is 36.1 Å². The number of furan rings is 1. The van der Waals surface area contributed by atoms with E-state index in [-0.39, 0.29) is 5.91 Å². The van der Waals surface area contributed by atoms with Gasteiger partial charge in [0.1, 0.15) is 5.58 Å². The third-order valence-electron chi connectivity index (χ3n) is 3.57. The van der Waals surface area contributed by atoms with Crippen molar-refractivity contribution in [3.63, 3.8) is 0 Å². The van der Waals surface area contributed by atoms with E-state index < -0.39 is 0 Å².